The van der Waals surface area contributed by atoms with Crippen molar-refractivity contribution >= 4 is 11.3 Å². The number of rotatable bonds is 4. The van der Waals surface area contributed by atoms with Gasteiger partial charge in [-0.1, -0.05) is 30.3 Å². The molecular weight excluding hydrogens is 330 g/mol. The summed E-state index contributed by atoms with van der Waals surface area (Å²) < 4.78 is 2.13. The molecule has 0 radical (unpaired) electrons. The van der Waals surface area contributed by atoms with Crippen molar-refractivity contribution in [2.45, 2.75) is 38.3 Å². The van der Waals surface area contributed by atoms with E-state index in [1.807, 2.05) is 6.07 Å². The van der Waals surface area contributed by atoms with E-state index < -0.39 is 0 Å². The van der Waals surface area contributed by atoms with Crippen LogP contribution >= 0.6 is 11.3 Å². The maximum atomic E-state index is 4.83. The first kappa shape index (κ1) is 15.2. The van der Waals surface area contributed by atoms with E-state index in [0.717, 1.165) is 49.9 Å². The SMILES string of the molecule is c1ccc(-c2csc(CN3CCc4nc(C5CC5)nn4CC3)n2)cc1. The van der Waals surface area contributed by atoms with Gasteiger partial charge in [-0.05, 0) is 12.8 Å². The number of thiazole rings is 1. The average Bonchev–Trinajstić information content (AvgIpc) is 3.31. The summed E-state index contributed by atoms with van der Waals surface area (Å²) in [6.07, 6.45) is 3.52. The van der Waals surface area contributed by atoms with Crippen LogP contribution in [-0.4, -0.2) is 37.7 Å². The van der Waals surface area contributed by atoms with E-state index in [2.05, 4.69) is 39.2 Å². The van der Waals surface area contributed by atoms with E-state index in [1.54, 1.807) is 11.3 Å². The fourth-order valence-electron chi connectivity index (χ4n) is 3.35. The monoisotopic (exact) mass is 351 g/mol. The quantitative estimate of drug-likeness (QED) is 0.723. The van der Waals surface area contributed by atoms with Crippen LogP contribution in [0.1, 0.15) is 35.4 Å². The summed E-state index contributed by atoms with van der Waals surface area (Å²) in [7, 11) is 0. The van der Waals surface area contributed by atoms with Crippen molar-refractivity contribution in [2.75, 3.05) is 13.1 Å². The molecule has 128 valence electrons. The van der Waals surface area contributed by atoms with Crippen molar-refractivity contribution in [3.63, 3.8) is 0 Å². The van der Waals surface area contributed by atoms with Crippen LogP contribution in [0.2, 0.25) is 0 Å². The molecule has 0 amide bonds. The Morgan fingerprint density at radius 3 is 2.76 bits per heavy atom. The van der Waals surface area contributed by atoms with Gasteiger partial charge in [0.05, 0.1) is 18.8 Å². The zero-order valence-corrected chi connectivity index (χ0v) is 15.0. The second kappa shape index (κ2) is 6.35. The van der Waals surface area contributed by atoms with Crippen molar-refractivity contribution in [3.05, 3.63) is 52.4 Å². The zero-order valence-electron chi connectivity index (χ0n) is 14.1. The molecular formula is C19H21N5S. The van der Waals surface area contributed by atoms with Crippen LogP contribution in [-0.2, 0) is 19.5 Å². The van der Waals surface area contributed by atoms with E-state index in [0.29, 0.717) is 5.92 Å². The van der Waals surface area contributed by atoms with Gasteiger partial charge in [0.1, 0.15) is 10.8 Å². The third-order valence-electron chi connectivity index (χ3n) is 4.97. The largest absolute Gasteiger partial charge is 0.294 e. The molecule has 0 saturated heterocycles. The van der Waals surface area contributed by atoms with E-state index in [4.69, 9.17) is 15.1 Å². The molecule has 1 fully saturated rings. The topological polar surface area (TPSA) is 46.8 Å². The Bertz CT molecular complexity index is 840. The summed E-state index contributed by atoms with van der Waals surface area (Å²) >= 11 is 1.75. The minimum atomic E-state index is 0.641. The van der Waals surface area contributed by atoms with Gasteiger partial charge in [0, 0.05) is 36.4 Å². The molecule has 2 aliphatic rings. The fraction of sp³-hybridized carbons (Fsp3) is 0.421. The van der Waals surface area contributed by atoms with Crippen molar-refractivity contribution in [1.82, 2.24) is 24.6 Å². The highest BCUT2D eigenvalue weighted by molar-refractivity contribution is 7.09. The van der Waals surface area contributed by atoms with Gasteiger partial charge in [-0.3, -0.25) is 4.90 Å². The molecule has 0 atom stereocenters. The standard InChI is InChI=1S/C19H21N5S/c1-2-4-14(5-3-1)16-13-25-18(20-16)12-23-9-8-17-21-19(15-6-7-15)22-24(17)11-10-23/h1-5,13,15H,6-12H2. The molecule has 3 heterocycles. The highest BCUT2D eigenvalue weighted by Gasteiger charge is 2.29. The Morgan fingerprint density at radius 2 is 1.92 bits per heavy atom. The Kier molecular flexibility index (Phi) is 3.87. The molecule has 5 nitrogen and oxygen atoms in total. The molecule has 0 spiro atoms. The number of nitrogens with zero attached hydrogens (tertiary/aromatic N) is 5. The molecule has 6 heteroatoms. The van der Waals surface area contributed by atoms with Crippen LogP contribution in [0.4, 0.5) is 0 Å². The van der Waals surface area contributed by atoms with Gasteiger partial charge in [0.2, 0.25) is 0 Å². The van der Waals surface area contributed by atoms with Crippen molar-refractivity contribution in [2.24, 2.45) is 0 Å². The number of aromatic nitrogens is 4. The van der Waals surface area contributed by atoms with Crippen LogP contribution in [0.5, 0.6) is 0 Å². The van der Waals surface area contributed by atoms with E-state index in [-0.39, 0.29) is 0 Å². The zero-order chi connectivity index (χ0) is 16.6. The number of hydrogen-bond donors (Lipinski definition) is 0. The second-order valence-electron chi connectivity index (χ2n) is 6.90. The normalized spacial score (nSPS) is 18.1. The van der Waals surface area contributed by atoms with E-state index in [1.165, 1.54) is 23.4 Å². The van der Waals surface area contributed by atoms with Crippen LogP contribution in [0.3, 0.4) is 0 Å². The van der Waals surface area contributed by atoms with Gasteiger partial charge in [0.15, 0.2) is 5.82 Å². The van der Waals surface area contributed by atoms with Gasteiger partial charge in [-0.2, -0.15) is 5.10 Å². The Labute approximate surface area is 151 Å². The lowest BCUT2D eigenvalue weighted by Gasteiger charge is -2.17. The number of fused-ring (bicyclic) bond motifs is 1. The predicted octanol–water partition coefficient (Wildman–Crippen LogP) is 3.34. The van der Waals surface area contributed by atoms with Gasteiger partial charge in [-0.15, -0.1) is 11.3 Å². The van der Waals surface area contributed by atoms with Crippen molar-refractivity contribution in [3.8, 4) is 11.3 Å². The van der Waals surface area contributed by atoms with Gasteiger partial charge in [0.25, 0.3) is 0 Å². The average molecular weight is 351 g/mol. The minimum Gasteiger partial charge on any atom is -0.294 e. The van der Waals surface area contributed by atoms with Gasteiger partial charge >= 0.3 is 0 Å². The summed E-state index contributed by atoms with van der Waals surface area (Å²) in [5.41, 5.74) is 2.27. The second-order valence-corrected chi connectivity index (χ2v) is 7.84. The maximum Gasteiger partial charge on any atom is 0.154 e. The summed E-state index contributed by atoms with van der Waals surface area (Å²) in [4.78, 5) is 12.1. The molecule has 0 bridgehead atoms. The molecule has 1 aromatic carbocycles. The smallest absolute Gasteiger partial charge is 0.154 e. The lowest BCUT2D eigenvalue weighted by molar-refractivity contribution is 0.268. The summed E-state index contributed by atoms with van der Waals surface area (Å²) in [5, 5.41) is 8.07. The Balaban J connectivity index is 1.25. The predicted molar refractivity (Wildman–Crippen MR) is 98.5 cm³/mol. The molecule has 5 rings (SSSR count). The Morgan fingerprint density at radius 1 is 1.04 bits per heavy atom. The third kappa shape index (κ3) is 3.24. The van der Waals surface area contributed by atoms with Crippen molar-refractivity contribution in [1.29, 1.82) is 0 Å². The first-order chi connectivity index (χ1) is 12.3. The molecule has 1 aliphatic heterocycles. The molecule has 1 aliphatic carbocycles. The van der Waals surface area contributed by atoms with E-state index >= 15 is 0 Å². The summed E-state index contributed by atoms with van der Waals surface area (Å²) in [6, 6.07) is 10.4. The lowest BCUT2D eigenvalue weighted by Crippen LogP contribution is -2.26. The fourth-order valence-corrected chi connectivity index (χ4v) is 4.20. The highest BCUT2D eigenvalue weighted by Crippen LogP contribution is 2.38. The van der Waals surface area contributed by atoms with Crippen molar-refractivity contribution < 1.29 is 0 Å². The molecule has 0 unspecified atom stereocenters. The first-order valence-corrected chi connectivity index (χ1v) is 9.89. The maximum absolute atomic E-state index is 4.83. The molecule has 2 aromatic heterocycles. The van der Waals surface area contributed by atoms with Crippen LogP contribution < -0.4 is 0 Å². The number of hydrogen-bond acceptors (Lipinski definition) is 5. The highest BCUT2D eigenvalue weighted by atomic mass is 32.1. The van der Waals surface area contributed by atoms with Gasteiger partial charge < -0.3 is 0 Å². The molecule has 0 N–H and O–H groups in total. The minimum absolute atomic E-state index is 0.641. The lowest BCUT2D eigenvalue weighted by atomic mass is 10.2. The molecule has 25 heavy (non-hydrogen) atoms. The molecule has 3 aromatic rings. The summed E-state index contributed by atoms with van der Waals surface area (Å²) in [5.74, 6) is 2.88. The van der Waals surface area contributed by atoms with E-state index in [9.17, 15) is 0 Å². The third-order valence-corrected chi connectivity index (χ3v) is 5.80. The van der Waals surface area contributed by atoms with Crippen LogP contribution in [0.15, 0.2) is 35.7 Å². The first-order valence-electron chi connectivity index (χ1n) is 9.01. The number of benzene rings is 1. The van der Waals surface area contributed by atoms with Crippen LogP contribution in [0, 0.1) is 0 Å². The van der Waals surface area contributed by atoms with Crippen LogP contribution in [0.25, 0.3) is 11.3 Å². The van der Waals surface area contributed by atoms with Gasteiger partial charge in [-0.25, -0.2) is 14.6 Å². The summed E-state index contributed by atoms with van der Waals surface area (Å²) in [6.45, 7) is 3.90. The Hall–Kier alpha value is -2.05. The molecule has 1 saturated carbocycles.